The first-order chi connectivity index (χ1) is 10.3. The molecule has 110 valence electrons. The van der Waals surface area contributed by atoms with Gasteiger partial charge in [-0.05, 0) is 54.8 Å². The summed E-state index contributed by atoms with van der Waals surface area (Å²) in [5.41, 5.74) is 8.73. The minimum absolute atomic E-state index is 0.267. The first-order valence-corrected chi connectivity index (χ1v) is 8.20. The zero-order valence-corrected chi connectivity index (χ0v) is 13.5. The van der Waals surface area contributed by atoms with Crippen LogP contribution in [0.4, 0.5) is 0 Å². The summed E-state index contributed by atoms with van der Waals surface area (Å²) in [4.78, 5) is 6.67. The molecule has 2 aromatic rings. The first kappa shape index (κ1) is 14.7. The highest BCUT2D eigenvalue weighted by molar-refractivity contribution is 9.10. The normalized spacial score (nSPS) is 20.6. The third-order valence-corrected chi connectivity index (χ3v) is 4.74. The topological polar surface area (TPSA) is 42.1 Å². The molecule has 0 aliphatic carbocycles. The predicted molar refractivity (Wildman–Crippen MR) is 88.9 cm³/mol. The maximum Gasteiger partial charge on any atom is 0.0477 e. The van der Waals surface area contributed by atoms with Crippen LogP contribution < -0.4 is 5.73 Å². The molecule has 1 aromatic carbocycles. The molecule has 0 spiro atoms. The van der Waals surface area contributed by atoms with Crippen molar-refractivity contribution in [3.05, 3.63) is 64.4 Å². The van der Waals surface area contributed by atoms with E-state index in [-0.39, 0.29) is 6.04 Å². The van der Waals surface area contributed by atoms with Gasteiger partial charge in [0.15, 0.2) is 0 Å². The quantitative estimate of drug-likeness (QED) is 0.918. The van der Waals surface area contributed by atoms with E-state index >= 15 is 0 Å². The smallest absolute Gasteiger partial charge is 0.0477 e. The molecule has 1 aromatic heterocycles. The molecule has 0 saturated carbocycles. The Morgan fingerprint density at radius 2 is 2.10 bits per heavy atom. The lowest BCUT2D eigenvalue weighted by Crippen LogP contribution is -2.33. The first-order valence-electron chi connectivity index (χ1n) is 7.41. The predicted octanol–water partition coefficient (Wildman–Crippen LogP) is 3.68. The fraction of sp³-hybridized carbons (Fsp3) is 0.353. The number of likely N-dealkylation sites (tertiary alicyclic amines) is 1. The monoisotopic (exact) mass is 345 g/mol. The average molecular weight is 346 g/mol. The Balaban J connectivity index is 1.89. The van der Waals surface area contributed by atoms with Crippen LogP contribution in [0.2, 0.25) is 0 Å². The van der Waals surface area contributed by atoms with Gasteiger partial charge in [-0.15, -0.1) is 0 Å². The lowest BCUT2D eigenvalue weighted by Gasteiger charge is -2.33. The maximum absolute atomic E-state index is 6.11. The third kappa shape index (κ3) is 3.18. The molecule has 3 nitrogen and oxygen atoms in total. The molecule has 2 N–H and O–H groups in total. The van der Waals surface area contributed by atoms with E-state index in [9.17, 15) is 0 Å². The molecule has 2 atom stereocenters. The van der Waals surface area contributed by atoms with Crippen molar-refractivity contribution in [3.8, 4) is 0 Å². The van der Waals surface area contributed by atoms with Crippen LogP contribution in [0.3, 0.4) is 0 Å². The van der Waals surface area contributed by atoms with Gasteiger partial charge in [0.1, 0.15) is 0 Å². The highest BCUT2D eigenvalue weighted by atomic mass is 79.9. The van der Waals surface area contributed by atoms with E-state index in [4.69, 9.17) is 5.73 Å². The molecule has 0 amide bonds. The Hall–Kier alpha value is -1.23. The summed E-state index contributed by atoms with van der Waals surface area (Å²) in [6.45, 7) is 1.74. The van der Waals surface area contributed by atoms with Gasteiger partial charge in [-0.1, -0.05) is 28.1 Å². The van der Waals surface area contributed by atoms with Crippen LogP contribution in [0.15, 0.2) is 53.3 Å². The summed E-state index contributed by atoms with van der Waals surface area (Å²) in [7, 11) is 0. The van der Waals surface area contributed by atoms with Crippen molar-refractivity contribution in [3.63, 3.8) is 0 Å². The van der Waals surface area contributed by atoms with Crippen LogP contribution in [-0.4, -0.2) is 23.0 Å². The van der Waals surface area contributed by atoms with Crippen molar-refractivity contribution in [2.45, 2.75) is 24.9 Å². The van der Waals surface area contributed by atoms with E-state index < -0.39 is 0 Å². The highest BCUT2D eigenvalue weighted by Gasteiger charge is 2.31. The van der Waals surface area contributed by atoms with E-state index in [1.807, 2.05) is 12.4 Å². The zero-order chi connectivity index (χ0) is 14.7. The lowest BCUT2D eigenvalue weighted by molar-refractivity contribution is 0.185. The van der Waals surface area contributed by atoms with Gasteiger partial charge >= 0.3 is 0 Å². The summed E-state index contributed by atoms with van der Waals surface area (Å²) in [6, 6.07) is 13.4. The number of nitrogens with zero attached hydrogens (tertiary/aromatic N) is 2. The minimum Gasteiger partial charge on any atom is -0.329 e. The van der Waals surface area contributed by atoms with Gasteiger partial charge in [0, 0.05) is 35.5 Å². The fourth-order valence-corrected chi connectivity index (χ4v) is 3.70. The molecule has 1 aliphatic rings. The van der Waals surface area contributed by atoms with Gasteiger partial charge in [-0.3, -0.25) is 9.88 Å². The van der Waals surface area contributed by atoms with Crippen molar-refractivity contribution >= 4 is 15.9 Å². The average Bonchev–Trinajstić information content (AvgIpc) is 2.98. The van der Waals surface area contributed by atoms with Crippen LogP contribution in [0, 0.1) is 0 Å². The Bertz CT molecular complexity index is 588. The van der Waals surface area contributed by atoms with Crippen molar-refractivity contribution in [2.75, 3.05) is 13.1 Å². The summed E-state index contributed by atoms with van der Waals surface area (Å²) < 4.78 is 1.11. The number of hydrogen-bond acceptors (Lipinski definition) is 3. The summed E-state index contributed by atoms with van der Waals surface area (Å²) in [5, 5.41) is 0. The van der Waals surface area contributed by atoms with Gasteiger partial charge in [-0.2, -0.15) is 0 Å². The van der Waals surface area contributed by atoms with Gasteiger partial charge in [0.25, 0.3) is 0 Å². The van der Waals surface area contributed by atoms with Crippen LogP contribution in [0.25, 0.3) is 0 Å². The number of benzene rings is 1. The van der Waals surface area contributed by atoms with Crippen LogP contribution >= 0.6 is 15.9 Å². The van der Waals surface area contributed by atoms with E-state index in [0.717, 1.165) is 11.0 Å². The fourth-order valence-electron chi connectivity index (χ4n) is 3.28. The molecule has 21 heavy (non-hydrogen) atoms. The Kier molecular flexibility index (Phi) is 4.68. The van der Waals surface area contributed by atoms with Crippen molar-refractivity contribution in [1.82, 2.24) is 9.88 Å². The van der Waals surface area contributed by atoms with Crippen molar-refractivity contribution in [2.24, 2.45) is 5.73 Å². The molecule has 4 heteroatoms. The number of halogens is 1. The number of pyridine rings is 1. The second-order valence-corrected chi connectivity index (χ2v) is 6.40. The summed E-state index contributed by atoms with van der Waals surface area (Å²) >= 11 is 3.56. The maximum atomic E-state index is 6.11. The van der Waals surface area contributed by atoms with Crippen LogP contribution in [0.5, 0.6) is 0 Å². The number of aromatic nitrogens is 1. The molecule has 3 rings (SSSR count). The number of nitrogens with two attached hydrogens (primary N) is 1. The van der Waals surface area contributed by atoms with E-state index in [1.165, 1.54) is 24.0 Å². The SMILES string of the molecule is NCC(c1cccc(Br)c1)N1CCCC1c1ccncc1. The molecule has 1 fully saturated rings. The van der Waals surface area contributed by atoms with Crippen molar-refractivity contribution in [1.29, 1.82) is 0 Å². The standard InChI is InChI=1S/C17H20BrN3/c18-15-4-1-3-14(11-15)17(12-19)21-10-2-5-16(21)13-6-8-20-9-7-13/h1,3-4,6-9,11,16-17H,2,5,10,12,19H2. The highest BCUT2D eigenvalue weighted by Crippen LogP contribution is 2.38. The molecule has 1 saturated heterocycles. The molecule has 0 radical (unpaired) electrons. The number of hydrogen-bond donors (Lipinski definition) is 1. The van der Waals surface area contributed by atoms with Crippen LogP contribution in [0.1, 0.15) is 36.1 Å². The van der Waals surface area contributed by atoms with Crippen molar-refractivity contribution < 1.29 is 0 Å². The second-order valence-electron chi connectivity index (χ2n) is 5.48. The molecule has 1 aliphatic heterocycles. The van der Waals surface area contributed by atoms with Gasteiger partial charge in [-0.25, -0.2) is 0 Å². The molecule has 0 bridgehead atoms. The third-order valence-electron chi connectivity index (χ3n) is 4.24. The van der Waals surface area contributed by atoms with Gasteiger partial charge < -0.3 is 5.73 Å². The Labute approximate surface area is 134 Å². The molecule has 2 unspecified atom stereocenters. The molecule has 2 heterocycles. The largest absolute Gasteiger partial charge is 0.329 e. The minimum atomic E-state index is 0.267. The summed E-state index contributed by atoms with van der Waals surface area (Å²) in [5.74, 6) is 0. The Morgan fingerprint density at radius 1 is 1.29 bits per heavy atom. The van der Waals surface area contributed by atoms with E-state index in [1.54, 1.807) is 0 Å². The Morgan fingerprint density at radius 3 is 2.81 bits per heavy atom. The second kappa shape index (κ2) is 6.69. The van der Waals surface area contributed by atoms with E-state index in [2.05, 4.69) is 62.2 Å². The molecular weight excluding hydrogens is 326 g/mol. The summed E-state index contributed by atoms with van der Waals surface area (Å²) in [6.07, 6.45) is 6.16. The zero-order valence-electron chi connectivity index (χ0n) is 12.0. The van der Waals surface area contributed by atoms with E-state index in [0.29, 0.717) is 12.6 Å². The van der Waals surface area contributed by atoms with Gasteiger partial charge in [0.05, 0.1) is 0 Å². The number of rotatable bonds is 4. The van der Waals surface area contributed by atoms with Gasteiger partial charge in [0.2, 0.25) is 0 Å². The lowest BCUT2D eigenvalue weighted by atomic mass is 10.0. The van der Waals surface area contributed by atoms with Crippen LogP contribution in [-0.2, 0) is 0 Å². The molecular formula is C17H20BrN3.